The fourth-order valence-electron chi connectivity index (χ4n) is 3.75. The normalized spacial score (nSPS) is 35.5. The smallest absolute Gasteiger partial charge is 0.274 e. The molecule has 1 aliphatic heterocycles. The molecule has 1 N–H and O–H groups in total. The molecule has 1 saturated heterocycles. The molecule has 6 heteroatoms. The van der Waals surface area contributed by atoms with E-state index in [2.05, 4.69) is 4.72 Å². The van der Waals surface area contributed by atoms with Crippen LogP contribution in [0.4, 0.5) is 0 Å². The van der Waals surface area contributed by atoms with Crippen LogP contribution in [0, 0.1) is 17.8 Å². The highest BCUT2D eigenvalue weighted by Crippen LogP contribution is 2.55. The molecule has 0 aromatic carbocycles. The van der Waals surface area contributed by atoms with Crippen LogP contribution in [-0.2, 0) is 15.0 Å². The van der Waals surface area contributed by atoms with Crippen LogP contribution in [0.15, 0.2) is 0 Å². The van der Waals surface area contributed by atoms with Gasteiger partial charge in [0.15, 0.2) is 0 Å². The molecule has 0 aromatic heterocycles. The minimum absolute atomic E-state index is 0.0398. The number of hydrogen-bond donors (Lipinski definition) is 1. The zero-order chi connectivity index (χ0) is 13.5. The van der Waals surface area contributed by atoms with Crippen LogP contribution in [-0.4, -0.2) is 31.7 Å². The van der Waals surface area contributed by atoms with Crippen LogP contribution in [0.5, 0.6) is 0 Å². The summed E-state index contributed by atoms with van der Waals surface area (Å²) in [5, 5.41) is 0. The Kier molecular flexibility index (Phi) is 3.55. The van der Waals surface area contributed by atoms with Gasteiger partial charge < -0.3 is 0 Å². The molecular formula is C13H22N2O3S. The summed E-state index contributed by atoms with van der Waals surface area (Å²) in [6, 6.07) is 0. The van der Waals surface area contributed by atoms with Gasteiger partial charge in [0.2, 0.25) is 5.91 Å². The highest BCUT2D eigenvalue weighted by Gasteiger charge is 2.55. The molecule has 3 aliphatic rings. The van der Waals surface area contributed by atoms with Crippen molar-refractivity contribution in [1.82, 2.24) is 9.03 Å². The van der Waals surface area contributed by atoms with Gasteiger partial charge in [-0.2, -0.15) is 12.7 Å². The lowest BCUT2D eigenvalue weighted by atomic mass is 10.0. The van der Waals surface area contributed by atoms with Gasteiger partial charge in [0, 0.05) is 19.0 Å². The third-order valence-electron chi connectivity index (χ3n) is 4.84. The molecule has 1 amide bonds. The molecule has 2 saturated carbocycles. The standard InChI is InChI=1S/C13H22N2O3S/c16-13(12-10-6-2-3-7-11(10)12)14-19(17,18)15-8-4-1-5-9-15/h10-12H,1-9H2,(H,14,16). The van der Waals surface area contributed by atoms with E-state index >= 15 is 0 Å². The number of carbonyl (C=O) groups is 1. The average Bonchev–Trinajstić information content (AvgIpc) is 3.13. The monoisotopic (exact) mass is 286 g/mol. The lowest BCUT2D eigenvalue weighted by molar-refractivity contribution is -0.121. The van der Waals surface area contributed by atoms with Crippen LogP contribution in [0.3, 0.4) is 0 Å². The molecule has 5 nitrogen and oxygen atoms in total. The minimum atomic E-state index is -3.60. The van der Waals surface area contributed by atoms with Crippen molar-refractivity contribution in [3.63, 3.8) is 0 Å². The van der Waals surface area contributed by atoms with Gasteiger partial charge in [-0.15, -0.1) is 0 Å². The van der Waals surface area contributed by atoms with E-state index in [0.29, 0.717) is 24.9 Å². The molecule has 19 heavy (non-hydrogen) atoms. The summed E-state index contributed by atoms with van der Waals surface area (Å²) in [6.45, 7) is 1.08. The predicted octanol–water partition coefficient (Wildman–Crippen LogP) is 1.27. The van der Waals surface area contributed by atoms with E-state index in [4.69, 9.17) is 0 Å². The van der Waals surface area contributed by atoms with Crippen molar-refractivity contribution in [1.29, 1.82) is 0 Å². The summed E-state index contributed by atoms with van der Waals surface area (Å²) in [6.07, 6.45) is 7.41. The Morgan fingerprint density at radius 1 is 0.947 bits per heavy atom. The third kappa shape index (κ3) is 2.65. The molecule has 2 unspecified atom stereocenters. The summed E-state index contributed by atoms with van der Waals surface area (Å²) < 4.78 is 28.0. The maximum atomic E-state index is 12.1. The fraction of sp³-hybridized carbons (Fsp3) is 0.923. The molecule has 0 radical (unpaired) electrons. The van der Waals surface area contributed by atoms with Crippen molar-refractivity contribution < 1.29 is 13.2 Å². The van der Waals surface area contributed by atoms with E-state index < -0.39 is 10.2 Å². The van der Waals surface area contributed by atoms with E-state index in [1.165, 1.54) is 17.1 Å². The Balaban J connectivity index is 1.59. The Hall–Kier alpha value is -0.620. The first-order chi connectivity index (χ1) is 9.09. The predicted molar refractivity (Wildman–Crippen MR) is 71.4 cm³/mol. The number of nitrogens with zero attached hydrogens (tertiary/aromatic N) is 1. The first-order valence-corrected chi connectivity index (χ1v) is 8.85. The molecule has 3 fully saturated rings. The molecule has 3 rings (SSSR count). The topological polar surface area (TPSA) is 66.5 Å². The second kappa shape index (κ2) is 5.05. The molecule has 108 valence electrons. The van der Waals surface area contributed by atoms with Crippen molar-refractivity contribution in [2.45, 2.75) is 44.9 Å². The number of amides is 1. The zero-order valence-electron chi connectivity index (χ0n) is 11.2. The van der Waals surface area contributed by atoms with E-state index in [-0.39, 0.29) is 11.8 Å². The van der Waals surface area contributed by atoms with Crippen molar-refractivity contribution in [3.05, 3.63) is 0 Å². The van der Waals surface area contributed by atoms with E-state index in [1.807, 2.05) is 0 Å². The lowest BCUT2D eigenvalue weighted by Gasteiger charge is -2.25. The first kappa shape index (κ1) is 13.4. The SMILES string of the molecule is O=C(NS(=O)(=O)N1CCCCC1)C1C2CCCCC21. The molecule has 0 aromatic rings. The zero-order valence-corrected chi connectivity index (χ0v) is 12.0. The third-order valence-corrected chi connectivity index (χ3v) is 6.35. The highest BCUT2D eigenvalue weighted by atomic mass is 32.2. The highest BCUT2D eigenvalue weighted by molar-refractivity contribution is 7.87. The van der Waals surface area contributed by atoms with Gasteiger partial charge in [0.1, 0.15) is 0 Å². The van der Waals surface area contributed by atoms with Gasteiger partial charge >= 0.3 is 10.2 Å². The number of fused-ring (bicyclic) bond motifs is 1. The van der Waals surface area contributed by atoms with E-state index in [1.54, 1.807) is 0 Å². The van der Waals surface area contributed by atoms with Crippen molar-refractivity contribution in [2.24, 2.45) is 17.8 Å². The Morgan fingerprint density at radius 2 is 1.53 bits per heavy atom. The molecule has 2 atom stereocenters. The lowest BCUT2D eigenvalue weighted by Crippen LogP contribution is -2.46. The Morgan fingerprint density at radius 3 is 2.11 bits per heavy atom. The van der Waals surface area contributed by atoms with Crippen LogP contribution in [0.2, 0.25) is 0 Å². The van der Waals surface area contributed by atoms with Gasteiger partial charge in [0.05, 0.1) is 0 Å². The summed E-state index contributed by atoms with van der Waals surface area (Å²) >= 11 is 0. The van der Waals surface area contributed by atoms with Crippen LogP contribution < -0.4 is 4.72 Å². The van der Waals surface area contributed by atoms with Gasteiger partial charge in [-0.1, -0.05) is 19.3 Å². The number of carbonyl (C=O) groups excluding carboxylic acids is 1. The second-order valence-corrected chi connectivity index (χ2v) is 7.74. The summed E-state index contributed by atoms with van der Waals surface area (Å²) in [5.74, 6) is 0.597. The summed E-state index contributed by atoms with van der Waals surface area (Å²) in [5.41, 5.74) is 0. The minimum Gasteiger partial charge on any atom is -0.274 e. The molecule has 2 aliphatic carbocycles. The van der Waals surface area contributed by atoms with Gasteiger partial charge in [-0.05, 0) is 37.5 Å². The van der Waals surface area contributed by atoms with Crippen LogP contribution in [0.25, 0.3) is 0 Å². The number of piperidine rings is 1. The van der Waals surface area contributed by atoms with Gasteiger partial charge in [0.25, 0.3) is 0 Å². The summed E-state index contributed by atoms with van der Waals surface area (Å²) in [7, 11) is -3.60. The van der Waals surface area contributed by atoms with Gasteiger partial charge in [-0.3, -0.25) is 4.79 Å². The number of hydrogen-bond acceptors (Lipinski definition) is 3. The molecule has 0 spiro atoms. The average molecular weight is 286 g/mol. The van der Waals surface area contributed by atoms with Gasteiger partial charge in [-0.25, -0.2) is 4.72 Å². The largest absolute Gasteiger partial charge is 0.303 e. The van der Waals surface area contributed by atoms with Crippen LogP contribution in [0.1, 0.15) is 44.9 Å². The molecular weight excluding hydrogens is 264 g/mol. The molecule has 1 heterocycles. The van der Waals surface area contributed by atoms with Crippen molar-refractivity contribution >= 4 is 16.1 Å². The van der Waals surface area contributed by atoms with Crippen molar-refractivity contribution in [2.75, 3.05) is 13.1 Å². The first-order valence-electron chi connectivity index (χ1n) is 7.41. The molecule has 0 bridgehead atoms. The Labute approximate surface area is 114 Å². The fourth-order valence-corrected chi connectivity index (χ4v) is 5.00. The van der Waals surface area contributed by atoms with E-state index in [0.717, 1.165) is 32.1 Å². The maximum Gasteiger partial charge on any atom is 0.303 e. The number of nitrogens with one attached hydrogen (secondary N) is 1. The quantitative estimate of drug-likeness (QED) is 0.849. The van der Waals surface area contributed by atoms with Crippen LogP contribution >= 0.6 is 0 Å². The van der Waals surface area contributed by atoms with E-state index in [9.17, 15) is 13.2 Å². The maximum absolute atomic E-state index is 12.1. The summed E-state index contributed by atoms with van der Waals surface area (Å²) in [4.78, 5) is 12.1. The second-order valence-electron chi connectivity index (χ2n) is 6.07. The van der Waals surface area contributed by atoms with Crippen molar-refractivity contribution in [3.8, 4) is 0 Å². The number of rotatable bonds is 3. The Bertz CT molecular complexity index is 445.